The summed E-state index contributed by atoms with van der Waals surface area (Å²) in [5.41, 5.74) is 1.06. The van der Waals surface area contributed by atoms with Crippen LogP contribution >= 0.6 is 0 Å². The van der Waals surface area contributed by atoms with Gasteiger partial charge in [-0.3, -0.25) is 4.98 Å². The van der Waals surface area contributed by atoms with Crippen LogP contribution in [0.4, 0.5) is 0 Å². The predicted molar refractivity (Wildman–Crippen MR) is 46.2 cm³/mol. The number of pyridine rings is 1. The number of hydrogen-bond donors (Lipinski definition) is 2. The molecule has 0 aliphatic heterocycles. The zero-order valence-electron chi connectivity index (χ0n) is 6.68. The molecule has 0 unspecified atom stereocenters. The van der Waals surface area contributed by atoms with Crippen molar-refractivity contribution >= 4 is 10.9 Å². The summed E-state index contributed by atoms with van der Waals surface area (Å²) in [5, 5.41) is 1.20. The third-order valence-electron chi connectivity index (χ3n) is 1.51. The van der Waals surface area contributed by atoms with Crippen molar-refractivity contribution in [3.8, 4) is 0 Å². The SMILES string of the molecule is [OH][Cu][OH].c1ccc2ncccc2c1. The van der Waals surface area contributed by atoms with E-state index in [1.807, 2.05) is 30.5 Å². The van der Waals surface area contributed by atoms with Gasteiger partial charge in [-0.2, -0.15) is 0 Å². The van der Waals surface area contributed by atoms with Crippen molar-refractivity contribution in [1.82, 2.24) is 4.98 Å². The summed E-state index contributed by atoms with van der Waals surface area (Å²) in [7, 11) is 0. The fourth-order valence-corrected chi connectivity index (χ4v) is 1.02. The van der Waals surface area contributed by atoms with Crippen molar-refractivity contribution in [2.24, 2.45) is 0 Å². The van der Waals surface area contributed by atoms with Gasteiger partial charge in [0.05, 0.1) is 5.52 Å². The molecule has 0 spiro atoms. The Kier molecular flexibility index (Phi) is 4.43. The molecule has 0 aliphatic carbocycles. The number of aromatic nitrogens is 1. The van der Waals surface area contributed by atoms with Crippen molar-refractivity contribution < 1.29 is 24.0 Å². The number of rotatable bonds is 0. The van der Waals surface area contributed by atoms with Crippen molar-refractivity contribution in [3.05, 3.63) is 42.6 Å². The quantitative estimate of drug-likeness (QED) is 0.662. The van der Waals surface area contributed by atoms with E-state index in [4.69, 9.17) is 8.38 Å². The van der Waals surface area contributed by atoms with E-state index in [2.05, 4.69) is 17.1 Å². The molecular weight excluding hydrogens is 218 g/mol. The molecule has 2 aromatic rings. The summed E-state index contributed by atoms with van der Waals surface area (Å²) in [5.74, 6) is 0. The minimum atomic E-state index is -0.188. The van der Waals surface area contributed by atoms with Crippen LogP contribution in [-0.4, -0.2) is 13.4 Å². The molecule has 73 valence electrons. The van der Waals surface area contributed by atoms with Gasteiger partial charge < -0.3 is 0 Å². The van der Waals surface area contributed by atoms with E-state index < -0.39 is 0 Å². The van der Waals surface area contributed by atoms with Crippen LogP contribution in [0.2, 0.25) is 0 Å². The van der Waals surface area contributed by atoms with E-state index in [1.165, 1.54) is 5.39 Å². The molecule has 0 amide bonds. The molecule has 1 heterocycles. The van der Waals surface area contributed by atoms with E-state index in [-0.39, 0.29) is 15.6 Å². The molecular formula is C9H9CuNO2. The molecule has 0 atom stereocenters. The Balaban J connectivity index is 0.000000251. The Morgan fingerprint density at radius 1 is 1.00 bits per heavy atom. The fraction of sp³-hybridized carbons (Fsp3) is 0. The number of nitrogens with zero attached hydrogens (tertiary/aromatic N) is 1. The second-order valence-corrected chi connectivity index (χ2v) is 2.44. The molecule has 2 N–H and O–H groups in total. The Bertz CT molecular complexity index is 302. The van der Waals surface area contributed by atoms with Crippen LogP contribution in [-0.2, 0) is 15.6 Å². The minimum Gasteiger partial charge on any atom is -0.256 e. The predicted octanol–water partition coefficient (Wildman–Crippen LogP) is 1.12. The van der Waals surface area contributed by atoms with Gasteiger partial charge in [0.1, 0.15) is 0 Å². The first kappa shape index (κ1) is 10.2. The van der Waals surface area contributed by atoms with E-state index in [0.29, 0.717) is 0 Å². The molecule has 0 aliphatic rings. The van der Waals surface area contributed by atoms with Crippen LogP contribution in [0.15, 0.2) is 42.6 Å². The molecule has 0 fully saturated rings. The van der Waals surface area contributed by atoms with Crippen LogP contribution in [0.3, 0.4) is 0 Å². The zero-order valence-corrected chi connectivity index (χ0v) is 7.63. The average Bonchev–Trinajstić information content (AvgIpc) is 2.19. The van der Waals surface area contributed by atoms with Gasteiger partial charge in [0.15, 0.2) is 0 Å². The van der Waals surface area contributed by atoms with Crippen molar-refractivity contribution in [1.29, 1.82) is 0 Å². The van der Waals surface area contributed by atoms with Crippen molar-refractivity contribution in [2.75, 3.05) is 0 Å². The topological polar surface area (TPSA) is 53.4 Å². The fourth-order valence-electron chi connectivity index (χ4n) is 1.02. The van der Waals surface area contributed by atoms with E-state index >= 15 is 0 Å². The Labute approximate surface area is 82.9 Å². The largest absolute Gasteiger partial charge is 0.256 e. The summed E-state index contributed by atoms with van der Waals surface area (Å²) >= 11 is -0.188. The Hall–Kier alpha value is -0.931. The molecule has 1 aromatic heterocycles. The second-order valence-electron chi connectivity index (χ2n) is 2.26. The summed E-state index contributed by atoms with van der Waals surface area (Å²) in [4.78, 5) is 4.18. The van der Waals surface area contributed by atoms with Gasteiger partial charge in [0.25, 0.3) is 0 Å². The summed E-state index contributed by atoms with van der Waals surface area (Å²) in [6, 6.07) is 12.1. The maximum absolute atomic E-state index is 7.03. The van der Waals surface area contributed by atoms with Gasteiger partial charge in [-0.1, -0.05) is 24.3 Å². The summed E-state index contributed by atoms with van der Waals surface area (Å²) in [6.07, 6.45) is 1.81. The molecule has 3 nitrogen and oxygen atoms in total. The number of fused-ring (bicyclic) bond motifs is 1. The minimum absolute atomic E-state index is 0.188. The van der Waals surface area contributed by atoms with Gasteiger partial charge in [0.2, 0.25) is 0 Å². The molecule has 0 saturated carbocycles. The molecule has 0 bridgehead atoms. The molecule has 0 radical (unpaired) electrons. The first-order valence-electron chi connectivity index (χ1n) is 3.53. The van der Waals surface area contributed by atoms with Crippen LogP contribution in [0, 0.1) is 0 Å². The average molecular weight is 227 g/mol. The summed E-state index contributed by atoms with van der Waals surface area (Å²) < 4.78 is 14.1. The molecule has 4 heteroatoms. The molecule has 13 heavy (non-hydrogen) atoms. The maximum atomic E-state index is 7.03. The van der Waals surface area contributed by atoms with Crippen molar-refractivity contribution in [3.63, 3.8) is 0 Å². The van der Waals surface area contributed by atoms with Gasteiger partial charge in [-0.15, -0.1) is 0 Å². The number of benzene rings is 1. The first-order chi connectivity index (χ1) is 6.38. The Morgan fingerprint density at radius 2 is 1.62 bits per heavy atom. The van der Waals surface area contributed by atoms with Crippen LogP contribution < -0.4 is 0 Å². The summed E-state index contributed by atoms with van der Waals surface area (Å²) in [6.45, 7) is 0. The number of hydrogen-bond acceptors (Lipinski definition) is 3. The standard InChI is InChI=1S/C9H7N.Cu.2H2O/c1-2-6-9-8(4-1)5-3-7-10-9;;;/h1-7H;;2*1H2/q;+2;;/p-2. The van der Waals surface area contributed by atoms with Crippen LogP contribution in [0.5, 0.6) is 0 Å². The van der Waals surface area contributed by atoms with Crippen molar-refractivity contribution in [2.45, 2.75) is 0 Å². The van der Waals surface area contributed by atoms with Crippen LogP contribution in [0.1, 0.15) is 0 Å². The first-order valence-corrected chi connectivity index (χ1v) is 4.38. The normalized spacial score (nSPS) is 9.38. The van der Waals surface area contributed by atoms with Gasteiger partial charge >= 0.3 is 24.0 Å². The third kappa shape index (κ3) is 3.13. The molecule has 0 saturated heterocycles. The van der Waals surface area contributed by atoms with Gasteiger partial charge in [0, 0.05) is 11.6 Å². The third-order valence-corrected chi connectivity index (χ3v) is 1.51. The number of para-hydroxylation sites is 1. The van der Waals surface area contributed by atoms with E-state index in [1.54, 1.807) is 0 Å². The van der Waals surface area contributed by atoms with Crippen LogP contribution in [0.25, 0.3) is 10.9 Å². The molecule has 1 aromatic carbocycles. The van der Waals surface area contributed by atoms with Gasteiger partial charge in [-0.25, -0.2) is 0 Å². The molecule has 2 rings (SSSR count). The van der Waals surface area contributed by atoms with Gasteiger partial charge in [-0.05, 0) is 12.1 Å². The van der Waals surface area contributed by atoms with E-state index in [9.17, 15) is 0 Å². The Morgan fingerprint density at radius 3 is 2.31 bits per heavy atom. The monoisotopic (exact) mass is 226 g/mol. The zero-order chi connectivity index (χ0) is 9.52. The second kappa shape index (κ2) is 5.67. The maximum Gasteiger partial charge on any atom is 0.0701 e. The smallest absolute Gasteiger partial charge is 0.0701 e. The van der Waals surface area contributed by atoms with E-state index in [0.717, 1.165) is 5.52 Å².